The van der Waals surface area contributed by atoms with Gasteiger partial charge in [-0.05, 0) is 62.9 Å². The summed E-state index contributed by atoms with van der Waals surface area (Å²) < 4.78 is 0. The molecule has 0 amide bonds. The van der Waals surface area contributed by atoms with Crippen LogP contribution in [0.25, 0.3) is 0 Å². The van der Waals surface area contributed by atoms with Gasteiger partial charge in [0.25, 0.3) is 0 Å². The molecule has 1 fully saturated rings. The Morgan fingerprint density at radius 2 is 2.00 bits per heavy atom. The summed E-state index contributed by atoms with van der Waals surface area (Å²) in [6.45, 7) is 7.82. The molecule has 2 nitrogen and oxygen atoms in total. The van der Waals surface area contributed by atoms with Crippen molar-refractivity contribution in [2.24, 2.45) is 17.6 Å². The Morgan fingerprint density at radius 1 is 1.35 bits per heavy atom. The van der Waals surface area contributed by atoms with Crippen molar-refractivity contribution in [3.05, 3.63) is 22.4 Å². The van der Waals surface area contributed by atoms with E-state index in [4.69, 9.17) is 5.73 Å². The molecular formula is C17H30N2S. The van der Waals surface area contributed by atoms with Crippen molar-refractivity contribution >= 4 is 11.3 Å². The summed E-state index contributed by atoms with van der Waals surface area (Å²) in [5.41, 5.74) is 6.42. The van der Waals surface area contributed by atoms with Gasteiger partial charge in [0.1, 0.15) is 0 Å². The Hall–Kier alpha value is -0.380. The molecule has 0 spiro atoms. The molecule has 1 aliphatic rings. The van der Waals surface area contributed by atoms with Crippen molar-refractivity contribution in [1.29, 1.82) is 0 Å². The van der Waals surface area contributed by atoms with Gasteiger partial charge in [-0.3, -0.25) is 4.90 Å². The van der Waals surface area contributed by atoms with Crippen LogP contribution >= 0.6 is 11.3 Å². The van der Waals surface area contributed by atoms with Crippen molar-refractivity contribution in [2.75, 3.05) is 13.6 Å². The lowest BCUT2D eigenvalue weighted by atomic mass is 9.71. The first-order chi connectivity index (χ1) is 9.50. The Labute approximate surface area is 128 Å². The predicted molar refractivity (Wildman–Crippen MR) is 89.1 cm³/mol. The zero-order valence-corrected chi connectivity index (χ0v) is 14.2. The lowest BCUT2D eigenvalue weighted by Crippen LogP contribution is -2.55. The standard InChI is InChI=1S/C17H30N2S/c1-13(2)15-7-9-17(12-18,10-8-15)19(4)14(3)16-6-5-11-20-16/h5-6,11,13-15H,7-10,12,18H2,1-4H3. The maximum absolute atomic E-state index is 6.21. The molecule has 1 aliphatic carbocycles. The van der Waals surface area contributed by atoms with Crippen LogP contribution in [0.3, 0.4) is 0 Å². The lowest BCUT2D eigenvalue weighted by Gasteiger charge is -2.49. The van der Waals surface area contributed by atoms with E-state index in [1.807, 2.05) is 11.3 Å². The molecule has 0 aromatic carbocycles. The van der Waals surface area contributed by atoms with Crippen molar-refractivity contribution in [2.45, 2.75) is 58.0 Å². The Morgan fingerprint density at radius 3 is 2.45 bits per heavy atom. The van der Waals surface area contributed by atoms with E-state index in [1.165, 1.54) is 30.6 Å². The molecule has 1 heterocycles. The molecule has 1 unspecified atom stereocenters. The second-order valence-electron chi connectivity index (χ2n) is 6.81. The van der Waals surface area contributed by atoms with E-state index in [1.54, 1.807) is 0 Å². The Kier molecular flexibility index (Phi) is 5.27. The maximum Gasteiger partial charge on any atom is 0.0416 e. The zero-order chi connectivity index (χ0) is 14.8. The van der Waals surface area contributed by atoms with Gasteiger partial charge < -0.3 is 5.73 Å². The molecule has 1 aromatic heterocycles. The summed E-state index contributed by atoms with van der Waals surface area (Å²) in [6.07, 6.45) is 5.16. The van der Waals surface area contributed by atoms with Crippen LogP contribution in [0.15, 0.2) is 17.5 Å². The smallest absolute Gasteiger partial charge is 0.0416 e. The molecule has 0 bridgehead atoms. The number of nitrogens with two attached hydrogens (primary N) is 1. The van der Waals surface area contributed by atoms with Crippen molar-refractivity contribution < 1.29 is 0 Å². The Bertz CT molecular complexity index is 391. The fourth-order valence-electron chi connectivity index (χ4n) is 3.68. The van der Waals surface area contributed by atoms with Crippen LogP contribution in [0.1, 0.15) is 57.4 Å². The average molecular weight is 295 g/mol. The van der Waals surface area contributed by atoms with Gasteiger partial charge in [-0.25, -0.2) is 0 Å². The van der Waals surface area contributed by atoms with Crippen LogP contribution in [0.2, 0.25) is 0 Å². The summed E-state index contributed by atoms with van der Waals surface area (Å²) in [4.78, 5) is 4.00. The van der Waals surface area contributed by atoms with Crippen LogP contribution in [0.4, 0.5) is 0 Å². The number of thiophene rings is 1. The van der Waals surface area contributed by atoms with Gasteiger partial charge >= 0.3 is 0 Å². The van der Waals surface area contributed by atoms with E-state index in [0.717, 1.165) is 18.4 Å². The number of nitrogens with zero attached hydrogens (tertiary/aromatic N) is 1. The van der Waals surface area contributed by atoms with Gasteiger partial charge in [0, 0.05) is 23.0 Å². The van der Waals surface area contributed by atoms with Gasteiger partial charge in [0.05, 0.1) is 0 Å². The predicted octanol–water partition coefficient (Wildman–Crippen LogP) is 4.28. The average Bonchev–Trinajstić information content (AvgIpc) is 2.99. The number of likely N-dealkylation sites (N-methyl/N-ethyl adjacent to an activating group) is 1. The number of rotatable bonds is 5. The lowest BCUT2D eigenvalue weighted by molar-refractivity contribution is 0.0290. The molecule has 2 N–H and O–H groups in total. The minimum atomic E-state index is 0.203. The fraction of sp³-hybridized carbons (Fsp3) is 0.765. The van der Waals surface area contributed by atoms with Crippen LogP contribution in [0, 0.1) is 11.8 Å². The molecule has 1 saturated carbocycles. The summed E-state index contributed by atoms with van der Waals surface area (Å²) in [5.74, 6) is 1.70. The van der Waals surface area contributed by atoms with E-state index in [0.29, 0.717) is 6.04 Å². The van der Waals surface area contributed by atoms with E-state index in [9.17, 15) is 0 Å². The van der Waals surface area contributed by atoms with Gasteiger partial charge in [-0.15, -0.1) is 11.3 Å². The molecule has 2 rings (SSSR count). The van der Waals surface area contributed by atoms with Gasteiger partial charge in [-0.2, -0.15) is 0 Å². The van der Waals surface area contributed by atoms with Crippen LogP contribution < -0.4 is 5.73 Å². The Balaban J connectivity index is 2.08. The molecule has 0 aliphatic heterocycles. The monoisotopic (exact) mass is 294 g/mol. The fourth-order valence-corrected chi connectivity index (χ4v) is 4.50. The van der Waals surface area contributed by atoms with Crippen LogP contribution in [0.5, 0.6) is 0 Å². The summed E-state index contributed by atoms with van der Waals surface area (Å²) in [6, 6.07) is 4.86. The molecule has 0 saturated heterocycles. The second kappa shape index (κ2) is 6.59. The summed E-state index contributed by atoms with van der Waals surface area (Å²) in [5, 5.41) is 2.17. The van der Waals surface area contributed by atoms with E-state index in [-0.39, 0.29) is 5.54 Å². The van der Waals surface area contributed by atoms with E-state index < -0.39 is 0 Å². The van der Waals surface area contributed by atoms with Gasteiger partial charge in [-0.1, -0.05) is 19.9 Å². The van der Waals surface area contributed by atoms with Crippen molar-refractivity contribution in [1.82, 2.24) is 4.90 Å². The highest BCUT2D eigenvalue weighted by Crippen LogP contribution is 2.41. The number of hydrogen-bond acceptors (Lipinski definition) is 3. The SMILES string of the molecule is CC(C)C1CCC(CN)(N(C)C(C)c2cccs2)CC1. The van der Waals surface area contributed by atoms with E-state index in [2.05, 4.69) is 50.2 Å². The first kappa shape index (κ1) is 16.0. The maximum atomic E-state index is 6.21. The largest absolute Gasteiger partial charge is 0.329 e. The molecule has 3 heteroatoms. The molecule has 0 radical (unpaired) electrons. The quantitative estimate of drug-likeness (QED) is 0.878. The first-order valence-electron chi connectivity index (χ1n) is 7.96. The van der Waals surface area contributed by atoms with Crippen LogP contribution in [-0.2, 0) is 0 Å². The van der Waals surface area contributed by atoms with Crippen molar-refractivity contribution in [3.63, 3.8) is 0 Å². The van der Waals surface area contributed by atoms with E-state index >= 15 is 0 Å². The minimum absolute atomic E-state index is 0.203. The highest BCUT2D eigenvalue weighted by Gasteiger charge is 2.40. The highest BCUT2D eigenvalue weighted by molar-refractivity contribution is 7.10. The normalized spacial score (nSPS) is 29.1. The topological polar surface area (TPSA) is 29.3 Å². The van der Waals surface area contributed by atoms with Crippen LogP contribution in [-0.4, -0.2) is 24.0 Å². The third-order valence-electron chi connectivity index (χ3n) is 5.57. The van der Waals surface area contributed by atoms with Gasteiger partial charge in [0.15, 0.2) is 0 Å². The molecule has 1 aromatic rings. The van der Waals surface area contributed by atoms with Crippen molar-refractivity contribution in [3.8, 4) is 0 Å². The second-order valence-corrected chi connectivity index (χ2v) is 7.79. The molecule has 20 heavy (non-hydrogen) atoms. The summed E-state index contributed by atoms with van der Waals surface area (Å²) >= 11 is 1.86. The molecule has 1 atom stereocenters. The first-order valence-corrected chi connectivity index (χ1v) is 8.84. The zero-order valence-electron chi connectivity index (χ0n) is 13.4. The molecular weight excluding hydrogens is 264 g/mol. The van der Waals surface area contributed by atoms with Gasteiger partial charge in [0.2, 0.25) is 0 Å². The highest BCUT2D eigenvalue weighted by atomic mass is 32.1. The third-order valence-corrected chi connectivity index (χ3v) is 6.61. The summed E-state index contributed by atoms with van der Waals surface area (Å²) in [7, 11) is 2.27. The minimum Gasteiger partial charge on any atom is -0.329 e. The number of hydrogen-bond donors (Lipinski definition) is 1. The molecule has 114 valence electrons. The third kappa shape index (κ3) is 3.10.